The van der Waals surface area contributed by atoms with Crippen LogP contribution < -0.4 is 5.32 Å². The molecule has 2 fully saturated rings. The van der Waals surface area contributed by atoms with Crippen molar-refractivity contribution in [2.75, 3.05) is 13.2 Å². The third-order valence-electron chi connectivity index (χ3n) is 4.06. The second kappa shape index (κ2) is 4.71. The van der Waals surface area contributed by atoms with Crippen LogP contribution in [0.15, 0.2) is 11.5 Å². The highest BCUT2D eigenvalue weighted by Crippen LogP contribution is 2.46. The molecule has 3 rings (SSSR count). The highest BCUT2D eigenvalue weighted by Gasteiger charge is 2.60. The van der Waals surface area contributed by atoms with Gasteiger partial charge in [-0.05, 0) is 33.7 Å². The molecule has 3 heterocycles. The molecule has 0 aromatic rings. The molecule has 3 atom stereocenters. The van der Waals surface area contributed by atoms with Crippen molar-refractivity contribution >= 4 is 12.1 Å². The van der Waals surface area contributed by atoms with Crippen LogP contribution in [0.1, 0.15) is 27.2 Å². The molecule has 0 radical (unpaired) electrons. The third-order valence-corrected chi connectivity index (χ3v) is 4.06. The summed E-state index contributed by atoms with van der Waals surface area (Å²) in [5.74, 6) is 0.0924. The van der Waals surface area contributed by atoms with Crippen LogP contribution in [0.4, 0.5) is 4.79 Å². The molecule has 7 nitrogen and oxygen atoms in total. The molecule has 2 N–H and O–H groups in total. The van der Waals surface area contributed by atoms with Crippen molar-refractivity contribution in [3.63, 3.8) is 0 Å². The van der Waals surface area contributed by atoms with Crippen LogP contribution in [-0.2, 0) is 14.3 Å². The number of amides is 1. The van der Waals surface area contributed by atoms with Gasteiger partial charge < -0.3 is 19.9 Å². The summed E-state index contributed by atoms with van der Waals surface area (Å²) >= 11 is 0. The number of hydrogen-bond acceptors (Lipinski definition) is 6. The molecule has 0 aliphatic carbocycles. The third kappa shape index (κ3) is 2.20. The van der Waals surface area contributed by atoms with Gasteiger partial charge in [-0.2, -0.15) is 0 Å². The predicted octanol–water partition coefficient (Wildman–Crippen LogP) is 0.344. The molecule has 2 saturated heterocycles. The van der Waals surface area contributed by atoms with E-state index in [2.05, 4.69) is 5.32 Å². The van der Waals surface area contributed by atoms with Crippen LogP contribution >= 0.6 is 0 Å². The number of β-lactam (4-membered cyclic amide) rings is 1. The average Bonchev–Trinajstić information content (AvgIpc) is 2.67. The Morgan fingerprint density at radius 3 is 2.81 bits per heavy atom. The monoisotopic (exact) mass is 296 g/mol. The molecule has 0 saturated carbocycles. The number of ether oxygens (including phenoxy) is 2. The zero-order chi connectivity index (χ0) is 15.4. The fourth-order valence-corrected chi connectivity index (χ4v) is 3.27. The van der Waals surface area contributed by atoms with E-state index >= 15 is 0 Å². The summed E-state index contributed by atoms with van der Waals surface area (Å²) in [5.41, 5.74) is -0.0611. The van der Waals surface area contributed by atoms with E-state index in [0.29, 0.717) is 12.1 Å². The predicted molar refractivity (Wildman–Crippen MR) is 72.0 cm³/mol. The zero-order valence-corrected chi connectivity index (χ0v) is 12.4. The second-order valence-electron chi connectivity index (χ2n) is 6.58. The minimum absolute atomic E-state index is 0.0502. The Bertz CT molecular complexity index is 522. The van der Waals surface area contributed by atoms with E-state index in [1.54, 1.807) is 20.8 Å². The topological polar surface area (TPSA) is 88.1 Å². The van der Waals surface area contributed by atoms with Gasteiger partial charge in [-0.3, -0.25) is 9.69 Å². The molecular formula is C14H20N2O5. The number of aliphatic hydroxyl groups is 1. The lowest BCUT2D eigenvalue weighted by atomic mass is 9.79. The first-order chi connectivity index (χ1) is 9.83. The Morgan fingerprint density at radius 1 is 1.48 bits per heavy atom. The summed E-state index contributed by atoms with van der Waals surface area (Å²) in [6.07, 6.45) is -0.0477. The van der Waals surface area contributed by atoms with Crippen LogP contribution in [0.2, 0.25) is 0 Å². The van der Waals surface area contributed by atoms with Crippen LogP contribution in [0, 0.1) is 5.92 Å². The van der Waals surface area contributed by atoms with Crippen molar-refractivity contribution in [3.05, 3.63) is 11.5 Å². The van der Waals surface area contributed by atoms with Crippen molar-refractivity contribution in [3.8, 4) is 0 Å². The standard InChI is InChI=1S/C14H20N2O5/c1-14(2,3)21-13(19)20-12-8(6-17)7-4-5-15-9-10(7)16(12)11(9)18/h7,9-10,15,17H,4-6H2,1-3H3/t7?,9-,10+/m0/s1. The van der Waals surface area contributed by atoms with Crippen molar-refractivity contribution in [1.82, 2.24) is 10.2 Å². The average molecular weight is 296 g/mol. The SMILES string of the molecule is CC(C)(C)OC(=O)OC1=C(CO)C2CCN[C@@H]3C(=O)N1[C@H]23. The van der Waals surface area contributed by atoms with Gasteiger partial charge >= 0.3 is 6.16 Å². The Hall–Kier alpha value is -1.60. The molecule has 7 heteroatoms. The first kappa shape index (κ1) is 14.3. The minimum atomic E-state index is -0.855. The summed E-state index contributed by atoms with van der Waals surface area (Å²) in [4.78, 5) is 25.4. The Labute approximate surface area is 122 Å². The number of nitrogens with one attached hydrogen (secondary N) is 1. The lowest BCUT2D eigenvalue weighted by molar-refractivity contribution is -0.153. The van der Waals surface area contributed by atoms with Crippen LogP contribution in [0.3, 0.4) is 0 Å². The summed E-state index contributed by atoms with van der Waals surface area (Å²) in [6.45, 7) is 5.70. The lowest BCUT2D eigenvalue weighted by Gasteiger charge is -2.48. The van der Waals surface area contributed by atoms with Crippen molar-refractivity contribution in [1.29, 1.82) is 0 Å². The summed E-state index contributed by atoms with van der Waals surface area (Å²) in [6, 6.07) is -0.282. The highest BCUT2D eigenvalue weighted by atomic mass is 16.7. The van der Waals surface area contributed by atoms with Gasteiger partial charge in [-0.25, -0.2) is 4.79 Å². The van der Waals surface area contributed by atoms with Crippen LogP contribution in [-0.4, -0.2) is 52.9 Å². The number of carbonyl (C=O) groups excluding carboxylic acids is 2. The summed E-state index contributed by atoms with van der Waals surface area (Å²) in [5, 5.41) is 12.7. The van der Waals surface area contributed by atoms with Gasteiger partial charge in [0, 0.05) is 11.5 Å². The molecule has 1 unspecified atom stereocenters. The maximum atomic E-state index is 12.1. The van der Waals surface area contributed by atoms with Gasteiger partial charge in [-0.15, -0.1) is 0 Å². The first-order valence-corrected chi connectivity index (χ1v) is 7.14. The largest absolute Gasteiger partial charge is 0.515 e. The van der Waals surface area contributed by atoms with E-state index in [1.807, 2.05) is 0 Å². The fraction of sp³-hybridized carbons (Fsp3) is 0.714. The maximum Gasteiger partial charge on any atom is 0.515 e. The van der Waals surface area contributed by atoms with Crippen LogP contribution in [0.5, 0.6) is 0 Å². The smallest absolute Gasteiger partial charge is 0.428 e. The zero-order valence-electron chi connectivity index (χ0n) is 12.4. The molecule has 0 spiro atoms. The Morgan fingerprint density at radius 2 is 2.19 bits per heavy atom. The van der Waals surface area contributed by atoms with Gasteiger partial charge in [0.25, 0.3) is 0 Å². The van der Waals surface area contributed by atoms with E-state index in [1.165, 1.54) is 4.90 Å². The molecule has 0 aromatic heterocycles. The number of carbonyl (C=O) groups is 2. The molecule has 0 bridgehead atoms. The number of aliphatic hydroxyl groups excluding tert-OH is 1. The summed E-state index contributed by atoms with van der Waals surface area (Å²) < 4.78 is 10.4. The Kier molecular flexibility index (Phi) is 3.22. The van der Waals surface area contributed by atoms with E-state index in [4.69, 9.17) is 9.47 Å². The molecular weight excluding hydrogens is 276 g/mol. The van der Waals surface area contributed by atoms with Crippen molar-refractivity contribution in [2.24, 2.45) is 5.92 Å². The van der Waals surface area contributed by atoms with Gasteiger partial charge in [0.2, 0.25) is 11.8 Å². The van der Waals surface area contributed by atoms with Gasteiger partial charge in [-0.1, -0.05) is 0 Å². The molecule has 3 aliphatic rings. The molecule has 116 valence electrons. The molecule has 21 heavy (non-hydrogen) atoms. The number of nitrogens with zero attached hydrogens (tertiary/aromatic N) is 1. The number of rotatable bonds is 2. The fourth-order valence-electron chi connectivity index (χ4n) is 3.27. The van der Waals surface area contributed by atoms with Gasteiger partial charge in [0.05, 0.1) is 12.6 Å². The Balaban J connectivity index is 1.82. The molecule has 1 amide bonds. The maximum absolute atomic E-state index is 12.1. The van der Waals surface area contributed by atoms with E-state index in [0.717, 1.165) is 6.42 Å². The van der Waals surface area contributed by atoms with Crippen molar-refractivity contribution in [2.45, 2.75) is 44.9 Å². The number of hydrogen-bond donors (Lipinski definition) is 2. The lowest BCUT2D eigenvalue weighted by Crippen LogP contribution is -2.71. The quantitative estimate of drug-likeness (QED) is 0.564. The highest BCUT2D eigenvalue weighted by molar-refractivity contribution is 5.93. The van der Waals surface area contributed by atoms with E-state index < -0.39 is 11.8 Å². The summed E-state index contributed by atoms with van der Waals surface area (Å²) in [7, 11) is 0. The first-order valence-electron chi connectivity index (χ1n) is 7.14. The molecule has 0 aromatic carbocycles. The van der Waals surface area contributed by atoms with Crippen LogP contribution in [0.25, 0.3) is 0 Å². The number of piperidine rings is 1. The minimum Gasteiger partial charge on any atom is -0.428 e. The second-order valence-corrected chi connectivity index (χ2v) is 6.58. The normalized spacial score (nSPS) is 31.0. The van der Waals surface area contributed by atoms with Gasteiger partial charge in [0.15, 0.2) is 0 Å². The van der Waals surface area contributed by atoms with Gasteiger partial charge in [0.1, 0.15) is 11.6 Å². The van der Waals surface area contributed by atoms with E-state index in [9.17, 15) is 14.7 Å². The van der Waals surface area contributed by atoms with Crippen molar-refractivity contribution < 1.29 is 24.2 Å². The van der Waals surface area contributed by atoms with E-state index in [-0.39, 0.29) is 36.4 Å². The molecule has 3 aliphatic heterocycles.